The van der Waals surface area contributed by atoms with Crippen molar-refractivity contribution in [2.45, 2.75) is 45.3 Å². The van der Waals surface area contributed by atoms with Gasteiger partial charge in [-0.15, -0.1) is 12.4 Å². The zero-order valence-corrected chi connectivity index (χ0v) is 17.9. The van der Waals surface area contributed by atoms with Gasteiger partial charge in [0.05, 0.1) is 12.2 Å². The number of ether oxygens (including phenoxy) is 1. The Morgan fingerprint density at radius 1 is 1.00 bits per heavy atom. The fourth-order valence-electron chi connectivity index (χ4n) is 4.74. The summed E-state index contributed by atoms with van der Waals surface area (Å²) in [5.74, 6) is -0.142. The maximum Gasteiger partial charge on any atom is 0.321 e. The Hall–Kier alpha value is -2.59. The number of rotatable bonds is 5. The number of nitrogens with zero attached hydrogens (tertiary/aromatic N) is 2. The number of hydrogen-bond donors (Lipinski definition) is 0. The second kappa shape index (κ2) is 8.42. The number of esters is 1. The summed E-state index contributed by atoms with van der Waals surface area (Å²) in [6, 6.07) is 22.2. The van der Waals surface area contributed by atoms with Crippen LogP contribution in [0.5, 0.6) is 0 Å². The number of cyclic esters (lactones) is 1. The predicted molar refractivity (Wildman–Crippen MR) is 116 cm³/mol. The van der Waals surface area contributed by atoms with Crippen molar-refractivity contribution in [2.75, 3.05) is 0 Å². The van der Waals surface area contributed by atoms with Crippen molar-refractivity contribution >= 4 is 18.4 Å². The number of aromatic nitrogens is 2. The Balaban J connectivity index is 0.00000240. The van der Waals surface area contributed by atoms with E-state index in [4.69, 9.17) is 4.74 Å². The van der Waals surface area contributed by atoms with Crippen LogP contribution in [0.3, 0.4) is 0 Å². The largest absolute Gasteiger partial charge is 0.459 e. The van der Waals surface area contributed by atoms with Crippen LogP contribution in [0.4, 0.5) is 0 Å². The van der Waals surface area contributed by atoms with E-state index < -0.39 is 5.41 Å². The molecule has 1 aliphatic heterocycles. The maximum atomic E-state index is 13.5. The van der Waals surface area contributed by atoms with Gasteiger partial charge in [-0.2, -0.15) is 5.10 Å². The van der Waals surface area contributed by atoms with Crippen LogP contribution in [0.1, 0.15) is 35.9 Å². The molecule has 4 rings (SSSR count). The van der Waals surface area contributed by atoms with E-state index in [9.17, 15) is 4.79 Å². The van der Waals surface area contributed by atoms with Crippen molar-refractivity contribution in [1.29, 1.82) is 0 Å². The van der Waals surface area contributed by atoms with E-state index in [1.165, 1.54) is 0 Å². The molecule has 4 nitrogen and oxygen atoms in total. The molecule has 0 N–H and O–H groups in total. The Kier molecular flexibility index (Phi) is 6.13. The summed E-state index contributed by atoms with van der Waals surface area (Å²) in [5.41, 5.74) is 3.26. The van der Waals surface area contributed by atoms with E-state index in [0.717, 1.165) is 28.9 Å². The molecule has 152 valence electrons. The van der Waals surface area contributed by atoms with Crippen molar-refractivity contribution in [3.05, 3.63) is 89.2 Å². The first kappa shape index (κ1) is 21.1. The van der Waals surface area contributed by atoms with E-state index in [1.807, 2.05) is 79.2 Å². The highest BCUT2D eigenvalue weighted by atomic mass is 35.5. The maximum absolute atomic E-state index is 13.5. The van der Waals surface area contributed by atoms with Gasteiger partial charge < -0.3 is 4.74 Å². The van der Waals surface area contributed by atoms with E-state index in [-0.39, 0.29) is 30.4 Å². The first-order chi connectivity index (χ1) is 13.6. The highest BCUT2D eigenvalue weighted by Gasteiger charge is 2.58. The molecule has 29 heavy (non-hydrogen) atoms. The summed E-state index contributed by atoms with van der Waals surface area (Å²) >= 11 is 0. The Morgan fingerprint density at radius 3 is 2.00 bits per heavy atom. The Bertz CT molecular complexity index is 930. The van der Waals surface area contributed by atoms with E-state index in [1.54, 1.807) is 0 Å². The van der Waals surface area contributed by atoms with Crippen molar-refractivity contribution < 1.29 is 9.53 Å². The Morgan fingerprint density at radius 2 is 1.55 bits per heavy atom. The molecule has 1 aliphatic rings. The predicted octanol–water partition coefficient (Wildman–Crippen LogP) is 4.86. The summed E-state index contributed by atoms with van der Waals surface area (Å²) in [4.78, 5) is 13.5. The number of carbonyl (C=O) groups is 1. The third kappa shape index (κ3) is 3.46. The average molecular weight is 411 g/mol. The molecule has 0 aliphatic carbocycles. The van der Waals surface area contributed by atoms with Gasteiger partial charge in [0.2, 0.25) is 0 Å². The van der Waals surface area contributed by atoms with Crippen LogP contribution in [0, 0.1) is 19.8 Å². The van der Waals surface area contributed by atoms with Gasteiger partial charge in [0.1, 0.15) is 11.5 Å². The van der Waals surface area contributed by atoms with Gasteiger partial charge >= 0.3 is 5.97 Å². The molecule has 2 heterocycles. The molecule has 2 unspecified atom stereocenters. The molecule has 1 aromatic heterocycles. The second-order valence-electron chi connectivity index (χ2n) is 7.61. The lowest BCUT2D eigenvalue weighted by Crippen LogP contribution is -2.41. The monoisotopic (exact) mass is 410 g/mol. The fraction of sp³-hybridized carbons (Fsp3) is 0.333. The van der Waals surface area contributed by atoms with Gasteiger partial charge in [0.15, 0.2) is 0 Å². The number of halogens is 1. The lowest BCUT2D eigenvalue weighted by atomic mass is 9.64. The molecule has 1 fully saturated rings. The third-order valence-electron chi connectivity index (χ3n) is 5.94. The molecule has 2 aromatic carbocycles. The molecule has 2 atom stereocenters. The molecular formula is C24H27ClN2O2. The smallest absolute Gasteiger partial charge is 0.321 e. The van der Waals surface area contributed by atoms with Crippen LogP contribution in [0.15, 0.2) is 66.7 Å². The Labute approximate surface area is 178 Å². The third-order valence-corrected chi connectivity index (χ3v) is 5.94. The van der Waals surface area contributed by atoms with Gasteiger partial charge in [-0.25, -0.2) is 0 Å². The number of hydrogen-bond acceptors (Lipinski definition) is 3. The van der Waals surface area contributed by atoms with Crippen molar-refractivity contribution in [3.63, 3.8) is 0 Å². The molecule has 0 saturated carbocycles. The van der Waals surface area contributed by atoms with E-state index in [0.29, 0.717) is 6.54 Å². The highest BCUT2D eigenvalue weighted by Crippen LogP contribution is 2.49. The summed E-state index contributed by atoms with van der Waals surface area (Å²) in [6.45, 7) is 6.74. The summed E-state index contributed by atoms with van der Waals surface area (Å²) in [5, 5.41) is 4.59. The minimum absolute atomic E-state index is 0. The molecule has 0 radical (unpaired) electrons. The van der Waals surface area contributed by atoms with Gasteiger partial charge in [-0.3, -0.25) is 9.48 Å². The lowest BCUT2D eigenvalue weighted by molar-refractivity contribution is -0.145. The van der Waals surface area contributed by atoms with Crippen LogP contribution in [-0.4, -0.2) is 21.9 Å². The lowest BCUT2D eigenvalue weighted by Gasteiger charge is -2.33. The summed E-state index contributed by atoms with van der Waals surface area (Å²) in [6.07, 6.45) is 0.607. The first-order valence-electron chi connectivity index (χ1n) is 9.90. The highest BCUT2D eigenvalue weighted by molar-refractivity contribution is 5.90. The molecule has 0 bridgehead atoms. The minimum Gasteiger partial charge on any atom is -0.459 e. The topological polar surface area (TPSA) is 44.1 Å². The second-order valence-corrected chi connectivity index (χ2v) is 7.61. The zero-order chi connectivity index (χ0) is 19.7. The molecule has 3 aromatic rings. The summed E-state index contributed by atoms with van der Waals surface area (Å²) < 4.78 is 8.02. The molecule has 0 amide bonds. The molecule has 0 spiro atoms. The standard InChI is InChI=1S/C24H26N2O2.ClH/c1-4-21-22(16-26-18(3)15-17(2)25-26)28-23(27)24(21,19-11-7-5-8-12-19)20-13-9-6-10-14-20;/h5-15,21-22H,4,16H2,1-3H3;1H. The van der Waals surface area contributed by atoms with Gasteiger partial charge in [-0.05, 0) is 37.5 Å². The van der Waals surface area contributed by atoms with Crippen LogP contribution < -0.4 is 0 Å². The van der Waals surface area contributed by atoms with Crippen LogP contribution in [0.25, 0.3) is 0 Å². The minimum atomic E-state index is -0.794. The van der Waals surface area contributed by atoms with E-state index in [2.05, 4.69) is 18.1 Å². The quantitative estimate of drug-likeness (QED) is 0.564. The van der Waals surface area contributed by atoms with Crippen molar-refractivity contribution in [1.82, 2.24) is 9.78 Å². The average Bonchev–Trinajstić information content (AvgIpc) is 3.18. The van der Waals surface area contributed by atoms with Gasteiger partial charge in [0.25, 0.3) is 0 Å². The van der Waals surface area contributed by atoms with Crippen LogP contribution in [0.2, 0.25) is 0 Å². The normalized spacial score (nSPS) is 20.2. The summed E-state index contributed by atoms with van der Waals surface area (Å²) in [7, 11) is 0. The van der Waals surface area contributed by atoms with Gasteiger partial charge in [0, 0.05) is 11.6 Å². The van der Waals surface area contributed by atoms with Crippen LogP contribution in [-0.2, 0) is 21.5 Å². The molecular weight excluding hydrogens is 384 g/mol. The number of carbonyl (C=O) groups excluding carboxylic acids is 1. The van der Waals surface area contributed by atoms with Crippen molar-refractivity contribution in [3.8, 4) is 0 Å². The van der Waals surface area contributed by atoms with Crippen LogP contribution >= 0.6 is 12.4 Å². The van der Waals surface area contributed by atoms with Gasteiger partial charge in [-0.1, -0.05) is 67.6 Å². The SMILES string of the molecule is CCC1C(Cn2nc(C)cc2C)OC(=O)C1(c1ccccc1)c1ccccc1.Cl. The fourth-order valence-corrected chi connectivity index (χ4v) is 4.74. The molecule has 1 saturated heterocycles. The number of benzene rings is 2. The number of aryl methyl sites for hydroxylation is 2. The first-order valence-corrected chi connectivity index (χ1v) is 9.90. The van der Waals surface area contributed by atoms with Crippen molar-refractivity contribution in [2.24, 2.45) is 5.92 Å². The van der Waals surface area contributed by atoms with E-state index >= 15 is 0 Å². The molecule has 5 heteroatoms. The zero-order valence-electron chi connectivity index (χ0n) is 17.0.